The van der Waals surface area contributed by atoms with E-state index in [1.54, 1.807) is 7.11 Å². The molecule has 2 aliphatic carbocycles. The van der Waals surface area contributed by atoms with Crippen molar-refractivity contribution in [2.24, 2.45) is 11.8 Å². The second kappa shape index (κ2) is 7.21. The summed E-state index contributed by atoms with van der Waals surface area (Å²) in [6.45, 7) is 0.642. The number of nitrogens with one attached hydrogen (secondary N) is 2. The second-order valence-electron chi connectivity index (χ2n) is 6.78. The molecule has 2 amide bonds. The van der Waals surface area contributed by atoms with E-state index in [1.165, 1.54) is 0 Å². The molecule has 3 atom stereocenters. The topological polar surface area (TPSA) is 70.6 Å². The number of carbonyl (C=O) groups is 1. The van der Waals surface area contributed by atoms with Gasteiger partial charge in [0, 0.05) is 6.54 Å². The molecule has 126 valence electrons. The van der Waals surface area contributed by atoms with Gasteiger partial charge < -0.3 is 20.5 Å². The van der Waals surface area contributed by atoms with Crippen LogP contribution in [0.25, 0.3) is 0 Å². The standard InChI is InChI=1S/C18H26N2O3/c1-23-16-8-5-14(6-9-16)17(13-3-4-13)20-18(22)19-11-12-2-7-15(21)10-12/h5-6,8-9,12-13,15,17,21H,2-4,7,10-11H2,1H3,(H2,19,20,22)/t12-,15-,17-/m1/s1. The van der Waals surface area contributed by atoms with Crippen LogP contribution in [0.15, 0.2) is 24.3 Å². The molecule has 0 unspecified atom stereocenters. The van der Waals surface area contributed by atoms with Crippen molar-refractivity contribution in [1.82, 2.24) is 10.6 Å². The van der Waals surface area contributed by atoms with Crippen molar-refractivity contribution in [1.29, 1.82) is 0 Å². The lowest BCUT2D eigenvalue weighted by atomic mass is 10.0. The average Bonchev–Trinajstić information content (AvgIpc) is 3.32. The summed E-state index contributed by atoms with van der Waals surface area (Å²) < 4.78 is 5.19. The van der Waals surface area contributed by atoms with E-state index in [9.17, 15) is 9.90 Å². The van der Waals surface area contributed by atoms with Crippen LogP contribution in [0.5, 0.6) is 5.75 Å². The Morgan fingerprint density at radius 1 is 1.26 bits per heavy atom. The minimum atomic E-state index is -0.191. The summed E-state index contributed by atoms with van der Waals surface area (Å²) >= 11 is 0. The highest BCUT2D eigenvalue weighted by atomic mass is 16.5. The highest BCUT2D eigenvalue weighted by Crippen LogP contribution is 2.41. The van der Waals surface area contributed by atoms with Crippen LogP contribution in [0.2, 0.25) is 0 Å². The Kier molecular flexibility index (Phi) is 5.06. The minimum Gasteiger partial charge on any atom is -0.497 e. The monoisotopic (exact) mass is 318 g/mol. The molecular formula is C18H26N2O3. The summed E-state index contributed by atoms with van der Waals surface area (Å²) in [5.41, 5.74) is 1.12. The Morgan fingerprint density at radius 2 is 2.00 bits per heavy atom. The number of aliphatic hydroxyl groups excluding tert-OH is 1. The van der Waals surface area contributed by atoms with Crippen LogP contribution in [0.3, 0.4) is 0 Å². The van der Waals surface area contributed by atoms with Gasteiger partial charge in [0.15, 0.2) is 0 Å². The molecule has 0 aromatic heterocycles. The molecule has 2 aliphatic rings. The van der Waals surface area contributed by atoms with Gasteiger partial charge in [-0.15, -0.1) is 0 Å². The molecular weight excluding hydrogens is 292 g/mol. The minimum absolute atomic E-state index is 0.0649. The fourth-order valence-electron chi connectivity index (χ4n) is 3.38. The van der Waals surface area contributed by atoms with Crippen molar-refractivity contribution in [3.8, 4) is 5.75 Å². The molecule has 0 spiro atoms. The van der Waals surface area contributed by atoms with Crippen molar-refractivity contribution in [2.75, 3.05) is 13.7 Å². The summed E-state index contributed by atoms with van der Waals surface area (Å²) in [6, 6.07) is 7.87. The van der Waals surface area contributed by atoms with Gasteiger partial charge in [-0.05, 0) is 61.6 Å². The molecule has 2 saturated carbocycles. The molecule has 23 heavy (non-hydrogen) atoms. The maximum atomic E-state index is 12.2. The largest absolute Gasteiger partial charge is 0.497 e. The number of methoxy groups -OCH3 is 1. The number of ether oxygens (including phenoxy) is 1. The maximum Gasteiger partial charge on any atom is 0.315 e. The lowest BCUT2D eigenvalue weighted by Gasteiger charge is -2.20. The van der Waals surface area contributed by atoms with Crippen LogP contribution < -0.4 is 15.4 Å². The summed E-state index contributed by atoms with van der Waals surface area (Å²) in [5, 5.41) is 15.6. The Labute approximate surface area is 137 Å². The summed E-state index contributed by atoms with van der Waals surface area (Å²) in [5.74, 6) is 1.76. The van der Waals surface area contributed by atoms with Gasteiger partial charge >= 0.3 is 6.03 Å². The SMILES string of the molecule is COc1ccc([C@H](NC(=O)NC[C@@H]2CC[C@@H](O)C2)C2CC2)cc1. The lowest BCUT2D eigenvalue weighted by Crippen LogP contribution is -2.40. The lowest BCUT2D eigenvalue weighted by molar-refractivity contribution is 0.177. The summed E-state index contributed by atoms with van der Waals surface area (Å²) in [4.78, 5) is 12.2. The molecule has 1 aromatic carbocycles. The molecule has 0 radical (unpaired) electrons. The van der Waals surface area contributed by atoms with Crippen LogP contribution in [0.1, 0.15) is 43.7 Å². The fraction of sp³-hybridized carbons (Fsp3) is 0.611. The van der Waals surface area contributed by atoms with Gasteiger partial charge in [-0.3, -0.25) is 0 Å². The van der Waals surface area contributed by atoms with Crippen LogP contribution >= 0.6 is 0 Å². The van der Waals surface area contributed by atoms with Crippen LogP contribution in [-0.4, -0.2) is 30.9 Å². The van der Waals surface area contributed by atoms with E-state index in [2.05, 4.69) is 10.6 Å². The zero-order valence-electron chi connectivity index (χ0n) is 13.6. The smallest absolute Gasteiger partial charge is 0.315 e. The average molecular weight is 318 g/mol. The molecule has 0 heterocycles. The van der Waals surface area contributed by atoms with E-state index in [4.69, 9.17) is 4.74 Å². The zero-order valence-corrected chi connectivity index (χ0v) is 13.6. The van der Waals surface area contributed by atoms with Gasteiger partial charge in [0.25, 0.3) is 0 Å². The van der Waals surface area contributed by atoms with Crippen LogP contribution in [0, 0.1) is 11.8 Å². The summed E-state index contributed by atoms with van der Waals surface area (Å²) in [6.07, 6.45) is 4.77. The summed E-state index contributed by atoms with van der Waals surface area (Å²) in [7, 11) is 1.65. The quantitative estimate of drug-likeness (QED) is 0.755. The van der Waals surface area contributed by atoms with Gasteiger partial charge in [-0.25, -0.2) is 4.79 Å². The van der Waals surface area contributed by atoms with Gasteiger partial charge in [0.05, 0.1) is 19.3 Å². The van der Waals surface area contributed by atoms with Gasteiger partial charge in [0.1, 0.15) is 5.75 Å². The van der Waals surface area contributed by atoms with Crippen molar-refractivity contribution >= 4 is 6.03 Å². The third-order valence-electron chi connectivity index (χ3n) is 4.92. The number of rotatable bonds is 6. The van der Waals surface area contributed by atoms with E-state index >= 15 is 0 Å². The molecule has 0 bridgehead atoms. The van der Waals surface area contributed by atoms with Crippen LogP contribution in [0.4, 0.5) is 4.79 Å². The Bertz CT molecular complexity index is 528. The number of hydrogen-bond donors (Lipinski definition) is 3. The molecule has 5 nitrogen and oxygen atoms in total. The van der Waals surface area contributed by atoms with Crippen molar-refractivity contribution in [2.45, 2.75) is 44.2 Å². The van der Waals surface area contributed by atoms with Crippen LogP contribution in [-0.2, 0) is 0 Å². The second-order valence-corrected chi connectivity index (χ2v) is 6.78. The van der Waals surface area contributed by atoms with Gasteiger partial charge in [-0.2, -0.15) is 0 Å². The number of benzene rings is 1. The van der Waals surface area contributed by atoms with Crippen molar-refractivity contribution < 1.29 is 14.6 Å². The number of urea groups is 1. The number of carbonyl (C=O) groups excluding carboxylic acids is 1. The van der Waals surface area contributed by atoms with Gasteiger partial charge in [0.2, 0.25) is 0 Å². The number of aliphatic hydroxyl groups is 1. The van der Waals surface area contributed by atoms with Crippen molar-refractivity contribution in [3.05, 3.63) is 29.8 Å². The predicted octanol–water partition coefficient (Wildman–Crippen LogP) is 2.61. The first-order valence-corrected chi connectivity index (χ1v) is 8.52. The highest BCUT2D eigenvalue weighted by molar-refractivity contribution is 5.74. The van der Waals surface area contributed by atoms with Crippen molar-refractivity contribution in [3.63, 3.8) is 0 Å². The number of amides is 2. The highest BCUT2D eigenvalue weighted by Gasteiger charge is 2.33. The van der Waals surface area contributed by atoms with E-state index in [1.807, 2.05) is 24.3 Å². The molecule has 0 aliphatic heterocycles. The molecule has 3 N–H and O–H groups in total. The third-order valence-corrected chi connectivity index (χ3v) is 4.92. The van der Waals surface area contributed by atoms with Gasteiger partial charge in [-0.1, -0.05) is 12.1 Å². The maximum absolute atomic E-state index is 12.2. The molecule has 0 saturated heterocycles. The van der Waals surface area contributed by atoms with E-state index in [-0.39, 0.29) is 18.2 Å². The molecule has 5 heteroatoms. The Hall–Kier alpha value is -1.75. The Morgan fingerprint density at radius 3 is 2.57 bits per heavy atom. The predicted molar refractivity (Wildman–Crippen MR) is 88.3 cm³/mol. The third kappa shape index (κ3) is 4.38. The van der Waals surface area contributed by atoms with E-state index in [0.29, 0.717) is 18.4 Å². The Balaban J connectivity index is 1.53. The molecule has 2 fully saturated rings. The normalized spacial score (nSPS) is 25.0. The van der Waals surface area contributed by atoms with E-state index in [0.717, 1.165) is 43.4 Å². The first-order valence-electron chi connectivity index (χ1n) is 8.52. The molecule has 3 rings (SSSR count). The first kappa shape index (κ1) is 16.1. The molecule has 1 aromatic rings. The fourth-order valence-corrected chi connectivity index (χ4v) is 3.38. The first-order chi connectivity index (χ1) is 11.2. The van der Waals surface area contributed by atoms with E-state index < -0.39 is 0 Å². The zero-order chi connectivity index (χ0) is 16.2. The number of hydrogen-bond acceptors (Lipinski definition) is 3.